The molecule has 208 valence electrons. The van der Waals surface area contributed by atoms with Crippen molar-refractivity contribution in [1.82, 2.24) is 15.5 Å². The standard InChI is InChI=1S/C29H47N3O5/c1-7-10-25(27(34)37-29(4,5)6)31-26(33)23-11-9-12-24(19-23)36-18-17-32(28(35)30-8-2)20-22-15-13-21(3)14-16-22/h13-16,23-25H,7-12,17-20H2,1-6H3,(H,30,35)(H,31,33). The number of aryl methyl sites for hydroxylation is 1. The van der Waals surface area contributed by atoms with Crippen LogP contribution in [0.5, 0.6) is 0 Å². The Morgan fingerprint density at radius 1 is 1.11 bits per heavy atom. The lowest BCUT2D eigenvalue weighted by Crippen LogP contribution is -2.47. The number of rotatable bonds is 12. The summed E-state index contributed by atoms with van der Waals surface area (Å²) in [7, 11) is 0. The zero-order chi connectivity index (χ0) is 27.4. The van der Waals surface area contributed by atoms with Gasteiger partial charge < -0.3 is 25.0 Å². The van der Waals surface area contributed by atoms with Crippen LogP contribution >= 0.6 is 0 Å². The molecule has 0 spiro atoms. The highest BCUT2D eigenvalue weighted by atomic mass is 16.6. The van der Waals surface area contributed by atoms with Crippen molar-refractivity contribution in [3.63, 3.8) is 0 Å². The van der Waals surface area contributed by atoms with Crippen LogP contribution in [0.15, 0.2) is 24.3 Å². The van der Waals surface area contributed by atoms with Gasteiger partial charge in [0.15, 0.2) is 0 Å². The third kappa shape index (κ3) is 11.1. The normalized spacial score (nSPS) is 18.5. The summed E-state index contributed by atoms with van der Waals surface area (Å²) in [5.41, 5.74) is 1.65. The lowest BCUT2D eigenvalue weighted by atomic mass is 9.86. The van der Waals surface area contributed by atoms with Gasteiger partial charge in [-0.1, -0.05) is 49.6 Å². The topological polar surface area (TPSA) is 97.0 Å². The quantitative estimate of drug-likeness (QED) is 0.391. The lowest BCUT2D eigenvalue weighted by molar-refractivity contribution is -0.159. The largest absolute Gasteiger partial charge is 0.458 e. The summed E-state index contributed by atoms with van der Waals surface area (Å²) >= 11 is 0. The van der Waals surface area contributed by atoms with Gasteiger partial charge in [-0.15, -0.1) is 0 Å². The number of urea groups is 1. The SMILES string of the molecule is CCCC(NC(=O)C1CCCC(OCCN(Cc2ccc(C)cc2)C(=O)NCC)C1)C(=O)OC(C)(C)C. The van der Waals surface area contributed by atoms with Crippen molar-refractivity contribution < 1.29 is 23.9 Å². The molecule has 0 radical (unpaired) electrons. The fraction of sp³-hybridized carbons (Fsp3) is 0.690. The molecule has 2 rings (SSSR count). The maximum atomic E-state index is 13.0. The predicted molar refractivity (Wildman–Crippen MR) is 145 cm³/mol. The Kier molecular flexibility index (Phi) is 12.4. The van der Waals surface area contributed by atoms with Gasteiger partial charge in [0, 0.05) is 25.6 Å². The van der Waals surface area contributed by atoms with E-state index in [4.69, 9.17) is 9.47 Å². The number of ether oxygens (including phenoxy) is 2. The predicted octanol–water partition coefficient (Wildman–Crippen LogP) is 4.73. The summed E-state index contributed by atoms with van der Waals surface area (Å²) in [5.74, 6) is -0.696. The number of carbonyl (C=O) groups excluding carboxylic acids is 3. The molecule has 0 aliphatic heterocycles. The fourth-order valence-electron chi connectivity index (χ4n) is 4.49. The molecule has 0 bridgehead atoms. The maximum Gasteiger partial charge on any atom is 0.329 e. The zero-order valence-corrected chi connectivity index (χ0v) is 23.6. The van der Waals surface area contributed by atoms with Crippen LogP contribution in [0.3, 0.4) is 0 Å². The van der Waals surface area contributed by atoms with Gasteiger partial charge in [-0.25, -0.2) is 9.59 Å². The summed E-state index contributed by atoms with van der Waals surface area (Å²) in [6, 6.07) is 7.42. The van der Waals surface area contributed by atoms with Crippen LogP contribution in [0.1, 0.15) is 84.3 Å². The van der Waals surface area contributed by atoms with Crippen molar-refractivity contribution >= 4 is 17.9 Å². The number of carbonyl (C=O) groups is 3. The van der Waals surface area contributed by atoms with Crippen LogP contribution in [0, 0.1) is 12.8 Å². The average molecular weight is 518 g/mol. The van der Waals surface area contributed by atoms with Gasteiger partial charge in [-0.2, -0.15) is 0 Å². The summed E-state index contributed by atoms with van der Waals surface area (Å²) in [6.07, 6.45) is 4.42. The summed E-state index contributed by atoms with van der Waals surface area (Å²) < 4.78 is 11.7. The second-order valence-electron chi connectivity index (χ2n) is 11.0. The van der Waals surface area contributed by atoms with E-state index >= 15 is 0 Å². The van der Waals surface area contributed by atoms with Crippen molar-refractivity contribution in [2.75, 3.05) is 19.7 Å². The molecular formula is C29H47N3O5. The molecule has 1 aromatic carbocycles. The number of benzene rings is 1. The molecule has 3 unspecified atom stereocenters. The van der Waals surface area contributed by atoms with Gasteiger partial charge in [0.25, 0.3) is 0 Å². The van der Waals surface area contributed by atoms with E-state index in [0.717, 1.165) is 31.2 Å². The Labute approximate surface area is 222 Å². The molecule has 3 atom stereocenters. The van der Waals surface area contributed by atoms with Crippen LogP contribution in [0.2, 0.25) is 0 Å². The monoisotopic (exact) mass is 517 g/mol. The van der Waals surface area contributed by atoms with E-state index in [1.54, 1.807) is 4.90 Å². The molecule has 8 heteroatoms. The van der Waals surface area contributed by atoms with Crippen molar-refractivity contribution in [3.8, 4) is 0 Å². The molecule has 0 heterocycles. The van der Waals surface area contributed by atoms with Crippen molar-refractivity contribution in [2.45, 2.75) is 104 Å². The van der Waals surface area contributed by atoms with Crippen LogP contribution in [0.4, 0.5) is 4.79 Å². The smallest absolute Gasteiger partial charge is 0.329 e. The molecule has 8 nitrogen and oxygen atoms in total. The van der Waals surface area contributed by atoms with Crippen LogP contribution < -0.4 is 10.6 Å². The Morgan fingerprint density at radius 3 is 2.43 bits per heavy atom. The van der Waals surface area contributed by atoms with Gasteiger partial charge in [0.1, 0.15) is 11.6 Å². The summed E-state index contributed by atoms with van der Waals surface area (Å²) in [4.78, 5) is 40.0. The highest BCUT2D eigenvalue weighted by molar-refractivity contribution is 5.86. The number of hydrogen-bond donors (Lipinski definition) is 2. The molecule has 1 fully saturated rings. The first-order chi connectivity index (χ1) is 17.5. The Bertz CT molecular complexity index is 865. The van der Waals surface area contributed by atoms with Gasteiger partial charge in [0.05, 0.1) is 12.7 Å². The van der Waals surface area contributed by atoms with Gasteiger partial charge in [-0.05, 0) is 65.9 Å². The molecule has 1 aromatic rings. The van der Waals surface area contributed by atoms with Crippen LogP contribution in [-0.2, 0) is 25.6 Å². The van der Waals surface area contributed by atoms with Crippen molar-refractivity contribution in [1.29, 1.82) is 0 Å². The lowest BCUT2D eigenvalue weighted by Gasteiger charge is -2.31. The number of nitrogens with one attached hydrogen (secondary N) is 2. The van der Waals surface area contributed by atoms with Crippen molar-refractivity contribution in [2.24, 2.45) is 5.92 Å². The summed E-state index contributed by atoms with van der Waals surface area (Å²) in [5, 5.41) is 5.81. The molecule has 37 heavy (non-hydrogen) atoms. The first-order valence-corrected chi connectivity index (χ1v) is 13.8. The molecule has 1 aliphatic carbocycles. The molecular weight excluding hydrogens is 470 g/mol. The fourth-order valence-corrected chi connectivity index (χ4v) is 4.49. The first kappa shape index (κ1) is 30.6. The third-order valence-corrected chi connectivity index (χ3v) is 6.41. The van der Waals surface area contributed by atoms with E-state index < -0.39 is 11.6 Å². The van der Waals surface area contributed by atoms with E-state index in [1.165, 1.54) is 5.56 Å². The first-order valence-electron chi connectivity index (χ1n) is 13.8. The highest BCUT2D eigenvalue weighted by Crippen LogP contribution is 2.27. The van der Waals surface area contributed by atoms with E-state index in [-0.39, 0.29) is 29.9 Å². The number of esters is 1. The molecule has 0 saturated heterocycles. The Morgan fingerprint density at radius 2 is 1.81 bits per heavy atom. The minimum Gasteiger partial charge on any atom is -0.458 e. The van der Waals surface area contributed by atoms with Crippen LogP contribution in [-0.4, -0.2) is 60.3 Å². The molecule has 0 aromatic heterocycles. The molecule has 2 N–H and O–H groups in total. The Hall–Kier alpha value is -2.61. The van der Waals surface area contributed by atoms with Crippen LogP contribution in [0.25, 0.3) is 0 Å². The summed E-state index contributed by atoms with van der Waals surface area (Å²) in [6.45, 7) is 13.3. The number of amides is 3. The maximum absolute atomic E-state index is 13.0. The second-order valence-corrected chi connectivity index (χ2v) is 11.0. The average Bonchev–Trinajstić information content (AvgIpc) is 2.83. The minimum absolute atomic E-state index is 0.0499. The van der Waals surface area contributed by atoms with Gasteiger partial charge >= 0.3 is 12.0 Å². The molecule has 3 amide bonds. The van der Waals surface area contributed by atoms with Crippen molar-refractivity contribution in [3.05, 3.63) is 35.4 Å². The molecule has 1 aliphatic rings. The number of nitrogens with zero attached hydrogens (tertiary/aromatic N) is 1. The zero-order valence-electron chi connectivity index (χ0n) is 23.6. The van der Waals surface area contributed by atoms with E-state index in [2.05, 4.69) is 10.6 Å². The Balaban J connectivity index is 1.89. The third-order valence-electron chi connectivity index (χ3n) is 6.41. The second kappa shape index (κ2) is 15.0. The van der Waals surface area contributed by atoms with Gasteiger partial charge in [0.2, 0.25) is 5.91 Å². The highest BCUT2D eigenvalue weighted by Gasteiger charge is 2.32. The molecule has 1 saturated carbocycles. The van der Waals surface area contributed by atoms with E-state index in [1.807, 2.05) is 65.8 Å². The number of hydrogen-bond acceptors (Lipinski definition) is 5. The minimum atomic E-state index is -0.634. The van der Waals surface area contributed by atoms with E-state index in [9.17, 15) is 14.4 Å². The van der Waals surface area contributed by atoms with Gasteiger partial charge in [-0.3, -0.25) is 4.79 Å². The van der Waals surface area contributed by atoms with E-state index in [0.29, 0.717) is 39.1 Å².